The van der Waals surface area contributed by atoms with Gasteiger partial charge in [0.1, 0.15) is 13.2 Å². The molecule has 0 radical (unpaired) electrons. The summed E-state index contributed by atoms with van der Waals surface area (Å²) in [5, 5.41) is 0. The average molecular weight is 1100 g/mol. The van der Waals surface area contributed by atoms with Crippen molar-refractivity contribution in [1.29, 1.82) is 0 Å². The second-order valence-corrected chi connectivity index (χ2v) is 19.9. The molecule has 6 nitrogen and oxygen atoms in total. The van der Waals surface area contributed by atoms with E-state index >= 15 is 0 Å². The lowest BCUT2D eigenvalue weighted by Gasteiger charge is -2.18. The molecule has 0 aromatic heterocycles. The second-order valence-electron chi connectivity index (χ2n) is 19.9. The summed E-state index contributed by atoms with van der Waals surface area (Å²) in [6.07, 6.45) is 100. The van der Waals surface area contributed by atoms with Crippen molar-refractivity contribution in [1.82, 2.24) is 0 Å². The van der Waals surface area contributed by atoms with Crippen molar-refractivity contribution >= 4 is 17.9 Å². The molecule has 0 heterocycles. The molecular weight excluding hydrogens is 985 g/mol. The number of ether oxygens (including phenoxy) is 3. The van der Waals surface area contributed by atoms with Crippen LogP contribution in [0.25, 0.3) is 0 Å². The number of allylic oxidation sites excluding steroid dienone is 32. The van der Waals surface area contributed by atoms with Crippen LogP contribution < -0.4 is 0 Å². The molecule has 0 N–H and O–H groups in total. The molecule has 0 saturated carbocycles. The summed E-state index contributed by atoms with van der Waals surface area (Å²) in [6.45, 7) is 6.26. The lowest BCUT2D eigenvalue weighted by atomic mass is 10.1. The Bertz CT molecular complexity index is 1930. The molecule has 0 aromatic rings. The second kappa shape index (κ2) is 65.8. The maximum atomic E-state index is 12.8. The lowest BCUT2D eigenvalue weighted by molar-refractivity contribution is -0.167. The van der Waals surface area contributed by atoms with Gasteiger partial charge in [-0.05, 0) is 141 Å². The van der Waals surface area contributed by atoms with E-state index in [0.717, 1.165) is 167 Å². The molecule has 0 aliphatic heterocycles. The first-order chi connectivity index (χ1) is 39.5. The quantitative estimate of drug-likeness (QED) is 0.0261. The first kappa shape index (κ1) is 74.2. The van der Waals surface area contributed by atoms with Crippen LogP contribution in [0.3, 0.4) is 0 Å². The van der Waals surface area contributed by atoms with Crippen molar-refractivity contribution in [3.63, 3.8) is 0 Å². The number of carbonyl (C=O) groups excluding carboxylic acids is 3. The Labute approximate surface area is 490 Å². The smallest absolute Gasteiger partial charge is 0.306 e. The van der Waals surface area contributed by atoms with Gasteiger partial charge in [-0.15, -0.1) is 0 Å². The fraction of sp³-hybridized carbons (Fsp3) is 0.527. The zero-order valence-corrected chi connectivity index (χ0v) is 50.8. The largest absolute Gasteiger partial charge is 0.462 e. The minimum Gasteiger partial charge on any atom is -0.462 e. The summed E-state index contributed by atoms with van der Waals surface area (Å²) in [6, 6.07) is 0. The molecule has 0 bridgehead atoms. The highest BCUT2D eigenvalue weighted by atomic mass is 16.6. The molecule has 0 aliphatic rings. The van der Waals surface area contributed by atoms with Crippen molar-refractivity contribution in [2.24, 2.45) is 0 Å². The molecule has 80 heavy (non-hydrogen) atoms. The van der Waals surface area contributed by atoms with Gasteiger partial charge in [-0.3, -0.25) is 14.4 Å². The number of carbonyl (C=O) groups is 3. The SMILES string of the molecule is CC/C=C\C/C=C\C/C=C\C/C=C\C/C=C\C/C=C\C/C=C\C/C=C\C/C=C\CCCCCCCC(=O)OCC(COC(=O)CCCCCCCC)OC(=O)CCC/C=C\C/C=C\C/C=C\C/C=C\C/C=C\C/C=C\C/C=C\CC. The third kappa shape index (κ3) is 63.1. The molecule has 0 rings (SSSR count). The van der Waals surface area contributed by atoms with Crippen molar-refractivity contribution in [3.05, 3.63) is 194 Å². The molecular formula is C74H112O6. The third-order valence-corrected chi connectivity index (χ3v) is 12.3. The number of unbranched alkanes of at least 4 members (excludes halogenated alkanes) is 11. The summed E-state index contributed by atoms with van der Waals surface area (Å²) < 4.78 is 16.7. The van der Waals surface area contributed by atoms with Crippen molar-refractivity contribution in [2.75, 3.05) is 13.2 Å². The van der Waals surface area contributed by atoms with Crippen molar-refractivity contribution in [2.45, 2.75) is 239 Å². The highest BCUT2D eigenvalue weighted by molar-refractivity contribution is 5.71. The zero-order valence-electron chi connectivity index (χ0n) is 50.8. The van der Waals surface area contributed by atoms with E-state index in [-0.39, 0.29) is 37.5 Å². The van der Waals surface area contributed by atoms with Crippen LogP contribution in [-0.4, -0.2) is 37.2 Å². The zero-order chi connectivity index (χ0) is 57.8. The van der Waals surface area contributed by atoms with Gasteiger partial charge >= 0.3 is 17.9 Å². The van der Waals surface area contributed by atoms with Gasteiger partial charge in [0.25, 0.3) is 0 Å². The Morgan fingerprint density at radius 2 is 0.500 bits per heavy atom. The van der Waals surface area contributed by atoms with Gasteiger partial charge in [0, 0.05) is 19.3 Å². The maximum Gasteiger partial charge on any atom is 0.306 e. The molecule has 6 heteroatoms. The van der Waals surface area contributed by atoms with Crippen LogP contribution in [0.1, 0.15) is 233 Å². The van der Waals surface area contributed by atoms with Crippen LogP contribution in [0.5, 0.6) is 0 Å². The van der Waals surface area contributed by atoms with E-state index in [2.05, 4.69) is 215 Å². The monoisotopic (exact) mass is 1100 g/mol. The van der Waals surface area contributed by atoms with E-state index in [1.807, 2.05) is 0 Å². The summed E-state index contributed by atoms with van der Waals surface area (Å²) in [7, 11) is 0. The average Bonchev–Trinajstić information content (AvgIpc) is 3.46. The summed E-state index contributed by atoms with van der Waals surface area (Å²) >= 11 is 0. The highest BCUT2D eigenvalue weighted by Crippen LogP contribution is 2.12. The van der Waals surface area contributed by atoms with E-state index < -0.39 is 6.10 Å². The molecule has 0 amide bonds. The first-order valence-corrected chi connectivity index (χ1v) is 31.4. The summed E-state index contributed by atoms with van der Waals surface area (Å²) in [5.74, 6) is -1.02. The predicted molar refractivity (Wildman–Crippen MR) is 347 cm³/mol. The Hall–Kier alpha value is -5.75. The van der Waals surface area contributed by atoms with Crippen LogP contribution >= 0.6 is 0 Å². The van der Waals surface area contributed by atoms with E-state index in [1.54, 1.807) is 0 Å². The van der Waals surface area contributed by atoms with Gasteiger partial charge in [0.15, 0.2) is 6.10 Å². The summed E-state index contributed by atoms with van der Waals surface area (Å²) in [4.78, 5) is 38.0. The van der Waals surface area contributed by atoms with Gasteiger partial charge in [-0.1, -0.05) is 267 Å². The Morgan fingerprint density at radius 1 is 0.263 bits per heavy atom. The number of hydrogen-bond acceptors (Lipinski definition) is 6. The summed E-state index contributed by atoms with van der Waals surface area (Å²) in [5.41, 5.74) is 0. The normalized spacial score (nSPS) is 13.5. The Balaban J connectivity index is 4.29. The minimum absolute atomic E-state index is 0.117. The van der Waals surface area contributed by atoms with E-state index in [4.69, 9.17) is 14.2 Å². The van der Waals surface area contributed by atoms with Crippen LogP contribution in [0.2, 0.25) is 0 Å². The van der Waals surface area contributed by atoms with Gasteiger partial charge < -0.3 is 14.2 Å². The molecule has 1 atom stereocenters. The van der Waals surface area contributed by atoms with Crippen molar-refractivity contribution < 1.29 is 28.6 Å². The third-order valence-electron chi connectivity index (χ3n) is 12.3. The van der Waals surface area contributed by atoms with Crippen LogP contribution in [0.15, 0.2) is 194 Å². The first-order valence-electron chi connectivity index (χ1n) is 31.4. The molecule has 0 saturated heterocycles. The number of rotatable bonds is 54. The molecule has 0 aliphatic carbocycles. The van der Waals surface area contributed by atoms with Crippen LogP contribution in [0, 0.1) is 0 Å². The number of esters is 3. The van der Waals surface area contributed by atoms with E-state index in [0.29, 0.717) is 19.3 Å². The maximum absolute atomic E-state index is 12.8. The highest BCUT2D eigenvalue weighted by Gasteiger charge is 2.19. The molecule has 0 aromatic carbocycles. The topological polar surface area (TPSA) is 78.9 Å². The van der Waals surface area contributed by atoms with E-state index in [9.17, 15) is 14.4 Å². The van der Waals surface area contributed by atoms with Gasteiger partial charge in [0.05, 0.1) is 0 Å². The van der Waals surface area contributed by atoms with Gasteiger partial charge in [-0.25, -0.2) is 0 Å². The Morgan fingerprint density at radius 3 is 0.800 bits per heavy atom. The van der Waals surface area contributed by atoms with Gasteiger partial charge in [0.2, 0.25) is 0 Å². The molecule has 444 valence electrons. The van der Waals surface area contributed by atoms with Crippen LogP contribution in [0.4, 0.5) is 0 Å². The minimum atomic E-state index is -0.825. The Kier molecular flexibility index (Phi) is 61.0. The standard InChI is InChI=1S/C74H112O6/c1-4-7-10-13-16-18-20-22-24-26-28-30-32-33-34-35-36-37-38-39-40-41-43-44-46-48-50-52-54-56-58-61-64-67-73(76)79-70-71(69-78-72(75)66-63-60-15-12-9-6-3)80-74(77)68-65-62-59-57-55-53-51-49-47-45-42-31-29-27-25-23-21-19-17-14-11-8-5-2/h7-8,10-11,16-19,22-25,28-31,33-34,36-37,39-40,43-45,47-48,50-51,53,57,59,71H,4-6,9,12-15,20-21,26-27,32,35,38,41-42,46,49,52,54-56,58,60-70H2,1-3H3/b10-7-,11-8-,18-16-,19-17-,24-22-,25-23-,30-28-,31-29-,34-33-,37-36-,40-39-,44-43-,47-45-,50-48-,53-51-,59-57-. The predicted octanol–water partition coefficient (Wildman–Crippen LogP) is 21.8. The molecule has 1 unspecified atom stereocenters. The number of hydrogen-bond donors (Lipinski definition) is 0. The fourth-order valence-corrected chi connectivity index (χ4v) is 7.72. The van der Waals surface area contributed by atoms with Crippen LogP contribution in [-0.2, 0) is 28.6 Å². The molecule has 0 spiro atoms. The fourth-order valence-electron chi connectivity index (χ4n) is 7.72. The van der Waals surface area contributed by atoms with E-state index in [1.165, 1.54) is 19.3 Å². The lowest BCUT2D eigenvalue weighted by Crippen LogP contribution is -2.30. The van der Waals surface area contributed by atoms with Crippen molar-refractivity contribution in [3.8, 4) is 0 Å². The van der Waals surface area contributed by atoms with Gasteiger partial charge in [-0.2, -0.15) is 0 Å². The molecule has 0 fully saturated rings.